The van der Waals surface area contributed by atoms with E-state index in [4.69, 9.17) is 0 Å². The summed E-state index contributed by atoms with van der Waals surface area (Å²) < 4.78 is 5.03. The van der Waals surface area contributed by atoms with Crippen molar-refractivity contribution in [3.05, 3.63) is 243 Å². The summed E-state index contributed by atoms with van der Waals surface area (Å²) in [6.07, 6.45) is 0. The van der Waals surface area contributed by atoms with Crippen LogP contribution in [0.3, 0.4) is 0 Å². The average Bonchev–Trinajstić information content (AvgIpc) is 3.91. The minimum absolute atomic E-state index is 1.09. The third kappa shape index (κ3) is 6.58. The standard InChI is InChI=1S/C60H40N2S/c1-2-12-41(13-3-1)42-24-26-43(27-25-42)44-28-34-48(35-29-44)61(50-38-32-46(33-39-50)52-19-11-20-56-55-18-6-9-23-59(55)63-60(52)56)49-36-30-45(31-37-49)47-14-10-15-51(40-47)62-57-21-7-4-16-53(57)54-17-5-8-22-58(54)62/h1-40H. The Bertz CT molecular complexity index is 3530. The molecule has 0 atom stereocenters. The average molecular weight is 821 g/mol. The summed E-state index contributed by atoms with van der Waals surface area (Å²) in [7, 11) is 0. The van der Waals surface area contributed by atoms with Crippen LogP contribution in [-0.4, -0.2) is 4.57 Å². The maximum atomic E-state index is 2.39. The van der Waals surface area contributed by atoms with Crippen molar-refractivity contribution >= 4 is 70.4 Å². The lowest BCUT2D eigenvalue weighted by molar-refractivity contribution is 1.18. The number of fused-ring (bicyclic) bond motifs is 6. The molecule has 0 saturated heterocycles. The number of benzene rings is 10. The van der Waals surface area contributed by atoms with Crippen LogP contribution in [0.4, 0.5) is 17.1 Å². The van der Waals surface area contributed by atoms with Crippen LogP contribution in [0.15, 0.2) is 243 Å². The Morgan fingerprint density at radius 1 is 0.302 bits per heavy atom. The van der Waals surface area contributed by atoms with Gasteiger partial charge in [-0.25, -0.2) is 0 Å². The number of thiophene rings is 1. The van der Waals surface area contributed by atoms with E-state index in [-0.39, 0.29) is 0 Å². The lowest BCUT2D eigenvalue weighted by Crippen LogP contribution is -2.09. The van der Waals surface area contributed by atoms with Gasteiger partial charge in [0.25, 0.3) is 0 Å². The molecular formula is C60H40N2S. The number of nitrogens with zero attached hydrogens (tertiary/aromatic N) is 2. The molecule has 12 aromatic rings. The topological polar surface area (TPSA) is 8.17 Å². The maximum Gasteiger partial charge on any atom is 0.0541 e. The third-order valence-corrected chi connectivity index (χ3v) is 13.7. The van der Waals surface area contributed by atoms with Gasteiger partial charge in [-0.15, -0.1) is 11.3 Å². The van der Waals surface area contributed by atoms with Gasteiger partial charge in [-0.2, -0.15) is 0 Å². The minimum atomic E-state index is 1.09. The first-order valence-electron chi connectivity index (χ1n) is 21.5. The van der Waals surface area contributed by atoms with Crippen molar-refractivity contribution < 1.29 is 0 Å². The summed E-state index contributed by atoms with van der Waals surface area (Å²) in [5.74, 6) is 0. The highest BCUT2D eigenvalue weighted by atomic mass is 32.1. The second-order valence-electron chi connectivity index (χ2n) is 16.1. The van der Waals surface area contributed by atoms with Crippen LogP contribution in [0.2, 0.25) is 0 Å². The van der Waals surface area contributed by atoms with E-state index >= 15 is 0 Å². The Morgan fingerprint density at radius 3 is 1.33 bits per heavy atom. The summed E-state index contributed by atoms with van der Waals surface area (Å²) in [5.41, 5.74) is 16.5. The van der Waals surface area contributed by atoms with Gasteiger partial charge in [0.15, 0.2) is 0 Å². The van der Waals surface area contributed by atoms with Crippen LogP contribution in [0.5, 0.6) is 0 Å². The molecule has 0 radical (unpaired) electrons. The van der Waals surface area contributed by atoms with E-state index in [1.54, 1.807) is 0 Å². The fourth-order valence-electron chi connectivity index (χ4n) is 9.33. The van der Waals surface area contributed by atoms with Gasteiger partial charge in [-0.05, 0) is 111 Å². The van der Waals surface area contributed by atoms with Gasteiger partial charge in [0.1, 0.15) is 0 Å². The highest BCUT2D eigenvalue weighted by Crippen LogP contribution is 2.42. The molecule has 63 heavy (non-hydrogen) atoms. The first-order chi connectivity index (χ1) is 31.2. The van der Waals surface area contributed by atoms with Crippen LogP contribution >= 0.6 is 11.3 Å². The molecule has 0 N–H and O–H groups in total. The van der Waals surface area contributed by atoms with E-state index in [9.17, 15) is 0 Å². The molecule has 3 heteroatoms. The molecular weight excluding hydrogens is 781 g/mol. The van der Waals surface area contributed by atoms with Gasteiger partial charge in [-0.1, -0.05) is 176 Å². The van der Waals surface area contributed by atoms with E-state index in [1.807, 2.05) is 11.3 Å². The molecule has 0 unspecified atom stereocenters. The molecule has 0 aliphatic carbocycles. The zero-order valence-electron chi connectivity index (χ0n) is 34.4. The maximum absolute atomic E-state index is 2.39. The number of para-hydroxylation sites is 2. The summed E-state index contributed by atoms with van der Waals surface area (Å²) in [6, 6.07) is 88.2. The minimum Gasteiger partial charge on any atom is -0.311 e. The van der Waals surface area contributed by atoms with E-state index in [0.717, 1.165) is 22.7 Å². The molecule has 12 rings (SSSR count). The number of rotatable bonds is 8. The molecule has 0 aliphatic heterocycles. The zero-order chi connectivity index (χ0) is 41.7. The largest absolute Gasteiger partial charge is 0.311 e. The Labute approximate surface area is 370 Å². The molecule has 0 saturated carbocycles. The number of hydrogen-bond acceptors (Lipinski definition) is 2. The number of aromatic nitrogens is 1. The predicted molar refractivity (Wildman–Crippen MR) is 270 cm³/mol. The normalized spacial score (nSPS) is 11.5. The van der Waals surface area contributed by atoms with Gasteiger partial charge in [0.05, 0.1) is 11.0 Å². The third-order valence-electron chi connectivity index (χ3n) is 12.4. The van der Waals surface area contributed by atoms with Crippen molar-refractivity contribution in [2.75, 3.05) is 4.90 Å². The SMILES string of the molecule is c1ccc(-c2ccc(-c3ccc(N(c4ccc(-c5cccc(-n6c7ccccc7c7ccccc76)c5)cc4)c4ccc(-c5cccc6c5sc5ccccc56)cc4)cc3)cc2)cc1. The Hall–Kier alpha value is -7.98. The zero-order valence-corrected chi connectivity index (χ0v) is 35.2. The molecule has 0 amide bonds. The summed E-state index contributed by atoms with van der Waals surface area (Å²) in [6.45, 7) is 0. The molecule has 0 fully saturated rings. The van der Waals surface area contributed by atoms with Gasteiger partial charge in [0.2, 0.25) is 0 Å². The van der Waals surface area contributed by atoms with Crippen LogP contribution < -0.4 is 4.90 Å². The first kappa shape index (κ1) is 36.8. The monoisotopic (exact) mass is 820 g/mol. The van der Waals surface area contributed by atoms with E-state index in [0.29, 0.717) is 0 Å². The van der Waals surface area contributed by atoms with Gasteiger partial charge < -0.3 is 9.47 Å². The number of hydrogen-bond donors (Lipinski definition) is 0. The molecule has 296 valence electrons. The Morgan fingerprint density at radius 2 is 0.730 bits per heavy atom. The predicted octanol–water partition coefficient (Wildman–Crippen LogP) is 17.3. The van der Waals surface area contributed by atoms with Crippen LogP contribution in [-0.2, 0) is 0 Å². The van der Waals surface area contributed by atoms with Crippen LogP contribution in [0.1, 0.15) is 0 Å². The van der Waals surface area contributed by atoms with Gasteiger partial charge in [-0.3, -0.25) is 0 Å². The van der Waals surface area contributed by atoms with E-state index in [1.165, 1.54) is 86.5 Å². The fourth-order valence-corrected chi connectivity index (χ4v) is 10.6. The summed E-state index contributed by atoms with van der Waals surface area (Å²) in [4.78, 5) is 2.37. The highest BCUT2D eigenvalue weighted by Gasteiger charge is 2.17. The molecule has 0 aliphatic rings. The Balaban J connectivity index is 0.909. The molecule has 10 aromatic carbocycles. The van der Waals surface area contributed by atoms with Crippen molar-refractivity contribution in [3.63, 3.8) is 0 Å². The van der Waals surface area contributed by atoms with Crippen LogP contribution in [0, 0.1) is 0 Å². The second-order valence-corrected chi connectivity index (χ2v) is 17.2. The molecule has 0 bridgehead atoms. The lowest BCUT2D eigenvalue weighted by atomic mass is 9.99. The van der Waals surface area contributed by atoms with Crippen molar-refractivity contribution in [2.24, 2.45) is 0 Å². The van der Waals surface area contributed by atoms with E-state index < -0.39 is 0 Å². The lowest BCUT2D eigenvalue weighted by Gasteiger charge is -2.26. The molecule has 2 aromatic heterocycles. The van der Waals surface area contributed by atoms with Crippen molar-refractivity contribution in [3.8, 4) is 50.2 Å². The quantitative estimate of drug-likeness (QED) is 0.148. The summed E-state index contributed by atoms with van der Waals surface area (Å²) in [5, 5.41) is 5.16. The first-order valence-corrected chi connectivity index (χ1v) is 22.3. The van der Waals surface area contributed by atoms with Crippen molar-refractivity contribution in [1.29, 1.82) is 0 Å². The number of anilines is 3. The molecule has 2 nitrogen and oxygen atoms in total. The van der Waals surface area contributed by atoms with Gasteiger partial charge >= 0.3 is 0 Å². The van der Waals surface area contributed by atoms with Crippen molar-refractivity contribution in [2.45, 2.75) is 0 Å². The van der Waals surface area contributed by atoms with Gasteiger partial charge in [0, 0.05) is 53.7 Å². The van der Waals surface area contributed by atoms with E-state index in [2.05, 4.69) is 252 Å². The Kier molecular flexibility index (Phi) is 9.06. The van der Waals surface area contributed by atoms with Crippen molar-refractivity contribution in [1.82, 2.24) is 4.57 Å². The summed E-state index contributed by atoms with van der Waals surface area (Å²) >= 11 is 1.87. The molecule has 2 heterocycles. The highest BCUT2D eigenvalue weighted by molar-refractivity contribution is 7.26. The second kappa shape index (κ2) is 15.5. The van der Waals surface area contributed by atoms with Crippen LogP contribution in [0.25, 0.3) is 92.2 Å². The smallest absolute Gasteiger partial charge is 0.0541 e. The fraction of sp³-hybridized carbons (Fsp3) is 0. The molecule has 0 spiro atoms.